The van der Waals surface area contributed by atoms with E-state index in [1.54, 1.807) is 0 Å². The lowest BCUT2D eigenvalue weighted by Gasteiger charge is -2.29. The summed E-state index contributed by atoms with van der Waals surface area (Å²) in [5.74, 6) is 0. The molecule has 0 amide bonds. The summed E-state index contributed by atoms with van der Waals surface area (Å²) in [5.41, 5.74) is 3.07. The van der Waals surface area contributed by atoms with Gasteiger partial charge in [-0.3, -0.25) is 0 Å². The quantitative estimate of drug-likeness (QED) is 0.846. The lowest BCUT2D eigenvalue weighted by molar-refractivity contribution is 0.368. The molecule has 0 spiro atoms. The molecular formula is C16H24BrN. The van der Waals surface area contributed by atoms with Crippen molar-refractivity contribution in [3.63, 3.8) is 0 Å². The smallest absolute Gasteiger partial charge is 0.0178 e. The number of nitrogens with one attached hydrogen (secondary N) is 1. The van der Waals surface area contributed by atoms with Crippen LogP contribution in [0.4, 0.5) is 0 Å². The van der Waals surface area contributed by atoms with Gasteiger partial charge in [0.05, 0.1) is 0 Å². The van der Waals surface area contributed by atoms with E-state index in [9.17, 15) is 0 Å². The molecule has 1 aromatic rings. The average molecular weight is 310 g/mol. The summed E-state index contributed by atoms with van der Waals surface area (Å²) in [4.78, 5) is 0. The molecule has 1 aromatic carbocycles. The van der Waals surface area contributed by atoms with Crippen LogP contribution in [0.25, 0.3) is 0 Å². The highest BCUT2D eigenvalue weighted by Crippen LogP contribution is 2.25. The fraction of sp³-hybridized carbons (Fsp3) is 0.625. The van der Waals surface area contributed by atoms with Crippen molar-refractivity contribution < 1.29 is 0 Å². The first-order chi connectivity index (χ1) is 8.72. The Kier molecular flexibility index (Phi) is 5.25. The van der Waals surface area contributed by atoms with Crippen molar-refractivity contribution in [1.82, 2.24) is 5.32 Å². The average Bonchev–Trinajstić information content (AvgIpc) is 2.38. The predicted octanol–water partition coefficient (Wildman–Crippen LogP) is 4.47. The third kappa shape index (κ3) is 3.58. The van der Waals surface area contributed by atoms with Gasteiger partial charge in [-0.15, -0.1) is 0 Å². The summed E-state index contributed by atoms with van der Waals surface area (Å²) < 4.78 is 1.21. The minimum absolute atomic E-state index is 0.676. The molecule has 2 atom stereocenters. The maximum atomic E-state index is 3.85. The maximum Gasteiger partial charge on any atom is 0.0178 e. The van der Waals surface area contributed by atoms with Crippen molar-refractivity contribution in [1.29, 1.82) is 0 Å². The molecule has 0 saturated carbocycles. The molecule has 2 rings (SSSR count). The topological polar surface area (TPSA) is 12.0 Å². The predicted molar refractivity (Wildman–Crippen MR) is 82.1 cm³/mol. The second-order valence-corrected chi connectivity index (χ2v) is 6.33. The highest BCUT2D eigenvalue weighted by Gasteiger charge is 2.20. The molecule has 0 heterocycles. The highest BCUT2D eigenvalue weighted by molar-refractivity contribution is 9.10. The van der Waals surface area contributed by atoms with E-state index in [0.29, 0.717) is 12.1 Å². The molecule has 0 fully saturated rings. The van der Waals surface area contributed by atoms with Gasteiger partial charge in [-0.1, -0.05) is 42.3 Å². The van der Waals surface area contributed by atoms with E-state index >= 15 is 0 Å². The van der Waals surface area contributed by atoms with Gasteiger partial charge < -0.3 is 5.32 Å². The number of rotatable bonds is 5. The van der Waals surface area contributed by atoms with E-state index < -0.39 is 0 Å². The van der Waals surface area contributed by atoms with Gasteiger partial charge in [0.1, 0.15) is 0 Å². The molecule has 0 bridgehead atoms. The molecule has 1 aliphatic carbocycles. The molecule has 1 N–H and O–H groups in total. The Morgan fingerprint density at radius 2 is 2.17 bits per heavy atom. The van der Waals surface area contributed by atoms with Crippen molar-refractivity contribution in [3.8, 4) is 0 Å². The molecule has 2 heteroatoms. The number of halogens is 1. The number of hydrogen-bond acceptors (Lipinski definition) is 1. The summed E-state index contributed by atoms with van der Waals surface area (Å²) >= 11 is 3.56. The largest absolute Gasteiger partial charge is 0.311 e. The zero-order valence-corrected chi connectivity index (χ0v) is 13.1. The van der Waals surface area contributed by atoms with Crippen LogP contribution in [0.15, 0.2) is 22.7 Å². The molecule has 0 radical (unpaired) electrons. The lowest BCUT2D eigenvalue weighted by atomic mass is 9.87. The first-order valence-electron chi connectivity index (χ1n) is 7.26. The zero-order valence-electron chi connectivity index (χ0n) is 11.5. The van der Waals surface area contributed by atoms with Gasteiger partial charge in [0.15, 0.2) is 0 Å². The molecular weight excluding hydrogens is 286 g/mol. The van der Waals surface area contributed by atoms with Crippen LogP contribution >= 0.6 is 15.9 Å². The number of aryl methyl sites for hydroxylation is 1. The van der Waals surface area contributed by atoms with Gasteiger partial charge in [0.2, 0.25) is 0 Å². The summed E-state index contributed by atoms with van der Waals surface area (Å²) in [6.07, 6.45) is 7.53. The third-order valence-electron chi connectivity index (χ3n) is 4.00. The molecule has 100 valence electrons. The summed E-state index contributed by atoms with van der Waals surface area (Å²) in [6, 6.07) is 8.13. The molecule has 0 aliphatic heterocycles. The highest BCUT2D eigenvalue weighted by atomic mass is 79.9. The van der Waals surface area contributed by atoms with Crippen LogP contribution in [0.3, 0.4) is 0 Å². The van der Waals surface area contributed by atoms with E-state index in [4.69, 9.17) is 0 Å². The Morgan fingerprint density at radius 1 is 1.33 bits per heavy atom. The minimum Gasteiger partial charge on any atom is -0.311 e. The van der Waals surface area contributed by atoms with E-state index in [-0.39, 0.29) is 0 Å². The second kappa shape index (κ2) is 6.72. The van der Waals surface area contributed by atoms with Gasteiger partial charge in [-0.05, 0) is 55.4 Å². The maximum absolute atomic E-state index is 3.85. The monoisotopic (exact) mass is 309 g/mol. The summed E-state index contributed by atoms with van der Waals surface area (Å²) in [5, 5.41) is 3.85. The van der Waals surface area contributed by atoms with Crippen LogP contribution in [-0.2, 0) is 12.8 Å². The molecule has 1 aliphatic rings. The molecule has 18 heavy (non-hydrogen) atoms. The molecule has 0 saturated heterocycles. The van der Waals surface area contributed by atoms with E-state index in [1.807, 2.05) is 0 Å². The van der Waals surface area contributed by atoms with Gasteiger partial charge >= 0.3 is 0 Å². The Balaban J connectivity index is 1.97. The van der Waals surface area contributed by atoms with Crippen LogP contribution < -0.4 is 5.32 Å². The number of fused-ring (bicyclic) bond motifs is 1. The van der Waals surface area contributed by atoms with Crippen LogP contribution in [0.1, 0.15) is 50.7 Å². The van der Waals surface area contributed by atoms with Crippen molar-refractivity contribution >= 4 is 15.9 Å². The van der Waals surface area contributed by atoms with Crippen LogP contribution in [-0.4, -0.2) is 12.1 Å². The van der Waals surface area contributed by atoms with Gasteiger partial charge in [-0.2, -0.15) is 0 Å². The van der Waals surface area contributed by atoms with Crippen molar-refractivity contribution in [2.45, 2.75) is 64.5 Å². The minimum atomic E-state index is 0.676. The molecule has 2 unspecified atom stereocenters. The van der Waals surface area contributed by atoms with Gasteiger partial charge in [0.25, 0.3) is 0 Å². The van der Waals surface area contributed by atoms with Crippen molar-refractivity contribution in [2.24, 2.45) is 0 Å². The summed E-state index contributed by atoms with van der Waals surface area (Å²) in [6.45, 7) is 4.57. The first-order valence-corrected chi connectivity index (χ1v) is 8.05. The molecule has 1 nitrogen and oxygen atoms in total. The SMILES string of the molecule is CCCC(CC)NC1CCc2cc(Br)ccc2C1. The normalized spacial score (nSPS) is 20.5. The van der Waals surface area contributed by atoms with Crippen LogP contribution in [0, 0.1) is 0 Å². The van der Waals surface area contributed by atoms with Gasteiger partial charge in [0, 0.05) is 16.6 Å². The third-order valence-corrected chi connectivity index (χ3v) is 4.49. The van der Waals surface area contributed by atoms with Crippen molar-refractivity contribution in [3.05, 3.63) is 33.8 Å². The van der Waals surface area contributed by atoms with E-state index in [1.165, 1.54) is 54.1 Å². The van der Waals surface area contributed by atoms with Gasteiger partial charge in [-0.25, -0.2) is 0 Å². The number of hydrogen-bond donors (Lipinski definition) is 1. The summed E-state index contributed by atoms with van der Waals surface area (Å²) in [7, 11) is 0. The van der Waals surface area contributed by atoms with Crippen LogP contribution in [0.5, 0.6) is 0 Å². The van der Waals surface area contributed by atoms with E-state index in [0.717, 1.165) is 0 Å². The first kappa shape index (κ1) is 14.1. The fourth-order valence-corrected chi connectivity index (χ4v) is 3.36. The second-order valence-electron chi connectivity index (χ2n) is 5.41. The Hall–Kier alpha value is -0.340. The molecule has 0 aromatic heterocycles. The van der Waals surface area contributed by atoms with E-state index in [2.05, 4.69) is 53.3 Å². The zero-order chi connectivity index (χ0) is 13.0. The van der Waals surface area contributed by atoms with Crippen LogP contribution in [0.2, 0.25) is 0 Å². The standard InChI is InChI=1S/C16H24BrN/c1-3-5-15(4-2)18-16-9-7-12-10-14(17)8-6-13(12)11-16/h6,8,10,15-16,18H,3-5,7,9,11H2,1-2H3. The van der Waals surface area contributed by atoms with Crippen molar-refractivity contribution in [2.75, 3.05) is 0 Å². The fourth-order valence-electron chi connectivity index (χ4n) is 2.95. The Morgan fingerprint density at radius 3 is 2.89 bits per heavy atom. The Labute approximate surface area is 119 Å². The Bertz CT molecular complexity index is 389. The number of benzene rings is 1. The lowest BCUT2D eigenvalue weighted by Crippen LogP contribution is -2.41.